The molecule has 0 aliphatic heterocycles. The van der Waals surface area contributed by atoms with Crippen LogP contribution in [-0.2, 0) is 16.0 Å². The molecule has 0 bridgehead atoms. The summed E-state index contributed by atoms with van der Waals surface area (Å²) < 4.78 is 5.20. The Labute approximate surface area is 301 Å². The Bertz CT molecular complexity index is 997. The van der Waals surface area contributed by atoms with Crippen molar-refractivity contribution in [3.63, 3.8) is 0 Å². The first-order valence-corrected chi connectivity index (χ1v) is 20.8. The van der Waals surface area contributed by atoms with Crippen molar-refractivity contribution in [2.24, 2.45) is 0 Å². The summed E-state index contributed by atoms with van der Waals surface area (Å²) in [5.41, 5.74) is 1.12. The highest BCUT2D eigenvalue weighted by molar-refractivity contribution is 5.99. The van der Waals surface area contributed by atoms with Gasteiger partial charge in [-0.25, -0.2) is 9.59 Å². The van der Waals surface area contributed by atoms with Gasteiger partial charge in [0, 0.05) is 6.42 Å². The number of carbonyl (C=O) groups excluding carboxylic acids is 2. The number of aromatic carboxylic acids is 1. The normalized spacial score (nSPS) is 11.4. The molecule has 0 saturated carbocycles. The summed E-state index contributed by atoms with van der Waals surface area (Å²) in [5, 5.41) is 9.49. The first-order chi connectivity index (χ1) is 24.0. The molecule has 0 aromatic heterocycles. The minimum Gasteiger partial charge on any atom is -0.478 e. The van der Waals surface area contributed by atoms with E-state index in [4.69, 9.17) is 4.74 Å². The van der Waals surface area contributed by atoms with Crippen molar-refractivity contribution in [3.05, 3.63) is 47.0 Å². The van der Waals surface area contributed by atoms with Crippen LogP contribution in [0.3, 0.4) is 0 Å². The van der Waals surface area contributed by atoms with E-state index < -0.39 is 17.9 Å². The number of hydrogen-bond acceptors (Lipinski definition) is 4. The van der Waals surface area contributed by atoms with Crippen LogP contribution in [0.2, 0.25) is 0 Å². The van der Waals surface area contributed by atoms with Crippen molar-refractivity contribution in [2.45, 2.75) is 213 Å². The molecule has 0 amide bonds. The molecular weight excluding hydrogens is 608 g/mol. The highest BCUT2D eigenvalue weighted by atomic mass is 16.6. The zero-order valence-corrected chi connectivity index (χ0v) is 31.9. The Morgan fingerprint density at radius 1 is 0.551 bits per heavy atom. The summed E-state index contributed by atoms with van der Waals surface area (Å²) in [4.78, 5) is 36.9. The highest BCUT2D eigenvalue weighted by Gasteiger charge is 2.18. The van der Waals surface area contributed by atoms with E-state index in [-0.39, 0.29) is 12.0 Å². The van der Waals surface area contributed by atoms with Crippen molar-refractivity contribution in [1.29, 1.82) is 0 Å². The SMILES string of the molecule is CCCCCCCCC=CCCCCCCCC(=O)OC(=O)c1ccc(C(=O)O)cc1CCCCCCCCCCCCCCCCCC. The quantitative estimate of drug-likeness (QED) is 0.0339. The van der Waals surface area contributed by atoms with Crippen molar-refractivity contribution < 1.29 is 24.2 Å². The van der Waals surface area contributed by atoms with Crippen LogP contribution in [0.1, 0.15) is 233 Å². The molecule has 0 fully saturated rings. The predicted octanol–water partition coefficient (Wildman–Crippen LogP) is 13.9. The predicted molar refractivity (Wildman–Crippen MR) is 207 cm³/mol. The van der Waals surface area contributed by atoms with Crippen LogP contribution in [-0.4, -0.2) is 23.0 Å². The van der Waals surface area contributed by atoms with E-state index in [9.17, 15) is 19.5 Å². The van der Waals surface area contributed by atoms with Gasteiger partial charge in [0.15, 0.2) is 0 Å². The Kier molecular flexibility index (Phi) is 29.8. The van der Waals surface area contributed by atoms with Gasteiger partial charge in [-0.2, -0.15) is 0 Å². The van der Waals surface area contributed by atoms with Gasteiger partial charge >= 0.3 is 17.9 Å². The van der Waals surface area contributed by atoms with Crippen LogP contribution in [0.4, 0.5) is 0 Å². The molecule has 0 atom stereocenters. The minimum atomic E-state index is -1.02. The maximum absolute atomic E-state index is 12.9. The summed E-state index contributed by atoms with van der Waals surface area (Å²) in [6.07, 6.45) is 41.5. The summed E-state index contributed by atoms with van der Waals surface area (Å²) in [7, 11) is 0. The van der Waals surface area contributed by atoms with Gasteiger partial charge in [0.2, 0.25) is 0 Å². The number of hydrogen-bond donors (Lipinski definition) is 1. The fourth-order valence-electron chi connectivity index (χ4n) is 6.55. The van der Waals surface area contributed by atoms with Gasteiger partial charge in [-0.1, -0.05) is 174 Å². The third-order valence-corrected chi connectivity index (χ3v) is 9.72. The lowest BCUT2D eigenvalue weighted by atomic mass is 9.97. The zero-order chi connectivity index (χ0) is 35.6. The van der Waals surface area contributed by atoms with E-state index in [1.807, 2.05) is 0 Å². The Balaban J connectivity index is 2.20. The first kappa shape index (κ1) is 44.6. The molecule has 5 heteroatoms. The molecule has 0 unspecified atom stereocenters. The van der Waals surface area contributed by atoms with Crippen molar-refractivity contribution in [1.82, 2.24) is 0 Å². The van der Waals surface area contributed by atoms with Gasteiger partial charge in [0.05, 0.1) is 11.1 Å². The van der Waals surface area contributed by atoms with Crippen molar-refractivity contribution in [2.75, 3.05) is 0 Å². The Morgan fingerprint density at radius 2 is 0.959 bits per heavy atom. The fourth-order valence-corrected chi connectivity index (χ4v) is 6.55. The third-order valence-electron chi connectivity index (χ3n) is 9.72. The molecule has 1 aromatic carbocycles. The van der Waals surface area contributed by atoms with Gasteiger partial charge in [0.1, 0.15) is 0 Å². The number of allylic oxidation sites excluding steroid dienone is 2. The topological polar surface area (TPSA) is 80.7 Å². The minimum absolute atomic E-state index is 0.155. The smallest absolute Gasteiger partial charge is 0.346 e. The van der Waals surface area contributed by atoms with Crippen molar-refractivity contribution >= 4 is 17.9 Å². The highest BCUT2D eigenvalue weighted by Crippen LogP contribution is 2.20. The monoisotopic (exact) mass is 683 g/mol. The van der Waals surface area contributed by atoms with Gasteiger partial charge in [0.25, 0.3) is 0 Å². The summed E-state index contributed by atoms with van der Waals surface area (Å²) >= 11 is 0. The van der Waals surface area contributed by atoms with E-state index in [2.05, 4.69) is 26.0 Å². The number of carbonyl (C=O) groups is 3. The molecular formula is C44H74O5. The van der Waals surface area contributed by atoms with Crippen LogP contribution >= 0.6 is 0 Å². The molecule has 1 N–H and O–H groups in total. The largest absolute Gasteiger partial charge is 0.478 e. The van der Waals surface area contributed by atoms with E-state index >= 15 is 0 Å². The fraction of sp³-hybridized carbons (Fsp3) is 0.750. The van der Waals surface area contributed by atoms with Crippen molar-refractivity contribution in [3.8, 4) is 0 Å². The standard InChI is InChI=1S/C44H74O5/c1-3-5-7-9-11-13-15-17-19-21-22-24-26-28-30-32-34-39-38-40(43(46)47)36-37-41(39)44(48)49-42(45)35-33-31-29-27-25-23-20-18-16-14-12-10-8-6-4-2/h18,20,36-38H,3-17,19,21-35H2,1-2H3,(H,46,47). The van der Waals surface area contributed by atoms with Crippen LogP contribution in [0.25, 0.3) is 0 Å². The molecule has 0 heterocycles. The average molecular weight is 683 g/mol. The van der Waals surface area contributed by atoms with E-state index in [0.29, 0.717) is 24.0 Å². The molecule has 0 spiro atoms. The molecule has 1 aromatic rings. The van der Waals surface area contributed by atoms with Gasteiger partial charge in [-0.3, -0.25) is 4.79 Å². The van der Waals surface area contributed by atoms with E-state index in [1.54, 1.807) is 6.07 Å². The maximum atomic E-state index is 12.9. The van der Waals surface area contributed by atoms with E-state index in [1.165, 1.54) is 147 Å². The Morgan fingerprint density at radius 3 is 1.41 bits per heavy atom. The maximum Gasteiger partial charge on any atom is 0.346 e. The van der Waals surface area contributed by atoms with Crippen LogP contribution in [0, 0.1) is 0 Å². The molecule has 0 aliphatic carbocycles. The summed E-state index contributed by atoms with van der Waals surface area (Å²) in [6, 6.07) is 4.49. The van der Waals surface area contributed by atoms with Crippen LogP contribution < -0.4 is 0 Å². The van der Waals surface area contributed by atoms with Gasteiger partial charge in [-0.05, 0) is 68.7 Å². The lowest BCUT2D eigenvalue weighted by Crippen LogP contribution is -2.15. The first-order valence-electron chi connectivity index (χ1n) is 20.8. The number of ether oxygens (including phenoxy) is 1. The number of unbranched alkanes of at least 4 members (excludes halogenated alkanes) is 26. The Hall–Kier alpha value is -2.43. The number of carboxylic acids is 1. The number of esters is 2. The molecule has 1 rings (SSSR count). The zero-order valence-electron chi connectivity index (χ0n) is 31.9. The molecule has 49 heavy (non-hydrogen) atoms. The number of rotatable bonds is 34. The average Bonchev–Trinajstić information content (AvgIpc) is 3.09. The second-order valence-electron chi connectivity index (χ2n) is 14.3. The lowest BCUT2D eigenvalue weighted by Gasteiger charge is -2.10. The third kappa shape index (κ3) is 26.1. The number of benzene rings is 1. The second-order valence-corrected chi connectivity index (χ2v) is 14.3. The lowest BCUT2D eigenvalue weighted by molar-refractivity contribution is -0.138. The van der Waals surface area contributed by atoms with Gasteiger partial charge in [-0.15, -0.1) is 0 Å². The molecule has 280 valence electrons. The van der Waals surface area contributed by atoms with Gasteiger partial charge < -0.3 is 9.84 Å². The van der Waals surface area contributed by atoms with E-state index in [0.717, 1.165) is 44.9 Å². The second kappa shape index (κ2) is 32.8. The molecule has 0 radical (unpaired) electrons. The number of aryl methyl sites for hydroxylation is 1. The molecule has 0 saturated heterocycles. The number of carboxylic acid groups (broad SMARTS) is 1. The molecule has 0 aliphatic rings. The molecule has 5 nitrogen and oxygen atoms in total. The summed E-state index contributed by atoms with van der Waals surface area (Å²) in [6.45, 7) is 4.52. The van der Waals surface area contributed by atoms with Crippen LogP contribution in [0.5, 0.6) is 0 Å². The summed E-state index contributed by atoms with van der Waals surface area (Å²) in [5.74, 6) is -2.19. The van der Waals surface area contributed by atoms with Crippen LogP contribution in [0.15, 0.2) is 30.4 Å².